The van der Waals surface area contributed by atoms with Crippen molar-refractivity contribution in [1.82, 2.24) is 10.0 Å². The van der Waals surface area contributed by atoms with Crippen molar-refractivity contribution in [2.24, 2.45) is 0 Å². The number of nitrogens with one attached hydrogen (secondary N) is 2. The maximum atomic E-state index is 11.5. The van der Waals surface area contributed by atoms with E-state index in [1.165, 1.54) is 7.11 Å². The van der Waals surface area contributed by atoms with Crippen LogP contribution in [0.3, 0.4) is 0 Å². The molecule has 0 aliphatic carbocycles. The molecule has 0 aromatic rings. The van der Waals surface area contributed by atoms with Gasteiger partial charge in [-0.05, 0) is 13.0 Å². The summed E-state index contributed by atoms with van der Waals surface area (Å²) in [5.41, 5.74) is 0. The van der Waals surface area contributed by atoms with Gasteiger partial charge in [0.05, 0.1) is 19.3 Å². The maximum absolute atomic E-state index is 11.5. The number of sulfonamides is 1. The summed E-state index contributed by atoms with van der Waals surface area (Å²) in [6.07, 6.45) is 0.684. The molecule has 1 rings (SSSR count). The Morgan fingerprint density at radius 2 is 2.33 bits per heavy atom. The van der Waals surface area contributed by atoms with Gasteiger partial charge in [0.2, 0.25) is 10.0 Å². The Balaban J connectivity index is 2.34. The second kappa shape index (κ2) is 5.43. The summed E-state index contributed by atoms with van der Waals surface area (Å²) >= 11 is 0. The Morgan fingerprint density at radius 1 is 1.60 bits per heavy atom. The summed E-state index contributed by atoms with van der Waals surface area (Å²) < 4.78 is 29.8. The predicted octanol–water partition coefficient (Wildman–Crippen LogP) is -1.17. The van der Waals surface area contributed by atoms with Crippen LogP contribution in [0.2, 0.25) is 0 Å². The summed E-state index contributed by atoms with van der Waals surface area (Å²) in [5.74, 6) is -0.721. The smallest absolute Gasteiger partial charge is 0.306 e. The number of carbonyl (C=O) groups excluding carboxylic acids is 1. The maximum Gasteiger partial charge on any atom is 0.306 e. The molecule has 0 bridgehead atoms. The lowest BCUT2D eigenvalue weighted by Gasteiger charge is -2.11. The summed E-state index contributed by atoms with van der Waals surface area (Å²) in [5, 5.41) is 3.05. The number of hydrogen-bond acceptors (Lipinski definition) is 5. The summed E-state index contributed by atoms with van der Waals surface area (Å²) in [4.78, 5) is 10.8. The molecule has 0 amide bonds. The van der Waals surface area contributed by atoms with E-state index in [0.717, 1.165) is 13.0 Å². The van der Waals surface area contributed by atoms with Crippen molar-refractivity contribution in [3.8, 4) is 0 Å². The molecule has 1 aliphatic rings. The number of methoxy groups -OCH3 is 1. The molecule has 6 nitrogen and oxygen atoms in total. The zero-order chi connectivity index (χ0) is 11.3. The van der Waals surface area contributed by atoms with E-state index in [4.69, 9.17) is 0 Å². The number of esters is 1. The van der Waals surface area contributed by atoms with Gasteiger partial charge in [0.15, 0.2) is 0 Å². The van der Waals surface area contributed by atoms with Gasteiger partial charge in [-0.25, -0.2) is 13.1 Å². The van der Waals surface area contributed by atoms with Crippen molar-refractivity contribution < 1.29 is 17.9 Å². The van der Waals surface area contributed by atoms with Crippen molar-refractivity contribution in [3.05, 3.63) is 0 Å². The first kappa shape index (κ1) is 12.4. The highest BCUT2D eigenvalue weighted by atomic mass is 32.2. The standard InChI is InChI=1S/C8H16N2O4S/c1-14-8(11)3-5-15(12,13)10-7-2-4-9-6-7/h7,9-10H,2-6H2,1H3/t7-/m0/s1. The van der Waals surface area contributed by atoms with Gasteiger partial charge in [-0.1, -0.05) is 0 Å². The molecule has 0 aromatic carbocycles. The molecule has 88 valence electrons. The Bertz CT molecular complexity index is 309. The van der Waals surface area contributed by atoms with Crippen molar-refractivity contribution in [2.45, 2.75) is 18.9 Å². The molecule has 1 fully saturated rings. The van der Waals surface area contributed by atoms with Gasteiger partial charge < -0.3 is 10.1 Å². The lowest BCUT2D eigenvalue weighted by molar-refractivity contribution is -0.140. The first-order valence-electron chi connectivity index (χ1n) is 4.81. The van der Waals surface area contributed by atoms with Crippen LogP contribution in [-0.2, 0) is 19.6 Å². The van der Waals surface area contributed by atoms with Gasteiger partial charge >= 0.3 is 5.97 Å². The number of ether oxygens (including phenoxy) is 1. The number of carbonyl (C=O) groups is 1. The van der Waals surface area contributed by atoms with Crippen molar-refractivity contribution in [2.75, 3.05) is 26.0 Å². The topological polar surface area (TPSA) is 84.5 Å². The third kappa shape index (κ3) is 4.59. The molecule has 0 aromatic heterocycles. The summed E-state index contributed by atoms with van der Waals surface area (Å²) in [6, 6.07) is -0.0485. The van der Waals surface area contributed by atoms with E-state index < -0.39 is 16.0 Å². The fraction of sp³-hybridized carbons (Fsp3) is 0.875. The van der Waals surface area contributed by atoms with Gasteiger partial charge in [0, 0.05) is 12.6 Å². The number of rotatable bonds is 5. The fourth-order valence-electron chi connectivity index (χ4n) is 1.39. The van der Waals surface area contributed by atoms with Crippen LogP contribution in [0, 0.1) is 0 Å². The lowest BCUT2D eigenvalue weighted by Crippen LogP contribution is -2.38. The second-order valence-electron chi connectivity index (χ2n) is 3.45. The molecule has 1 atom stereocenters. The largest absolute Gasteiger partial charge is 0.469 e. The van der Waals surface area contributed by atoms with E-state index in [0.29, 0.717) is 6.54 Å². The fourth-order valence-corrected chi connectivity index (χ4v) is 2.65. The minimum atomic E-state index is -3.36. The van der Waals surface area contributed by atoms with Crippen LogP contribution in [0.1, 0.15) is 12.8 Å². The highest BCUT2D eigenvalue weighted by molar-refractivity contribution is 7.89. The van der Waals surface area contributed by atoms with Crippen LogP contribution in [0.5, 0.6) is 0 Å². The lowest BCUT2D eigenvalue weighted by atomic mass is 10.3. The van der Waals surface area contributed by atoms with E-state index in [1.807, 2.05) is 0 Å². The van der Waals surface area contributed by atoms with Crippen LogP contribution < -0.4 is 10.0 Å². The molecule has 1 saturated heterocycles. The van der Waals surface area contributed by atoms with Gasteiger partial charge in [0.25, 0.3) is 0 Å². The molecule has 2 N–H and O–H groups in total. The zero-order valence-electron chi connectivity index (χ0n) is 8.65. The highest BCUT2D eigenvalue weighted by Gasteiger charge is 2.21. The van der Waals surface area contributed by atoms with Crippen LogP contribution in [0.25, 0.3) is 0 Å². The molecule has 0 spiro atoms. The van der Waals surface area contributed by atoms with Crippen molar-refractivity contribution in [1.29, 1.82) is 0 Å². The SMILES string of the molecule is COC(=O)CCS(=O)(=O)N[C@H]1CCNC1. The molecule has 7 heteroatoms. The van der Waals surface area contributed by atoms with Gasteiger partial charge in [-0.3, -0.25) is 4.79 Å². The Hall–Kier alpha value is -0.660. The number of hydrogen-bond donors (Lipinski definition) is 2. The molecular weight excluding hydrogens is 220 g/mol. The zero-order valence-corrected chi connectivity index (χ0v) is 9.47. The van der Waals surface area contributed by atoms with Crippen LogP contribution >= 0.6 is 0 Å². The Kier molecular flexibility index (Phi) is 4.49. The van der Waals surface area contributed by atoms with E-state index in [2.05, 4.69) is 14.8 Å². The second-order valence-corrected chi connectivity index (χ2v) is 5.33. The normalized spacial score (nSPS) is 21.5. The highest BCUT2D eigenvalue weighted by Crippen LogP contribution is 2.01. The molecular formula is C8H16N2O4S. The van der Waals surface area contributed by atoms with E-state index in [-0.39, 0.29) is 18.2 Å². The third-order valence-electron chi connectivity index (χ3n) is 2.21. The van der Waals surface area contributed by atoms with Crippen molar-refractivity contribution in [3.63, 3.8) is 0 Å². The van der Waals surface area contributed by atoms with Gasteiger partial charge in [0.1, 0.15) is 0 Å². The summed E-state index contributed by atoms with van der Waals surface area (Å²) in [6.45, 7) is 1.47. The molecule has 0 unspecified atom stereocenters. The molecule has 1 heterocycles. The van der Waals surface area contributed by atoms with Gasteiger partial charge in [-0.15, -0.1) is 0 Å². The minimum Gasteiger partial charge on any atom is -0.469 e. The van der Waals surface area contributed by atoms with Crippen LogP contribution in [0.15, 0.2) is 0 Å². The van der Waals surface area contributed by atoms with Crippen LogP contribution in [-0.4, -0.2) is 46.4 Å². The van der Waals surface area contributed by atoms with E-state index in [9.17, 15) is 13.2 Å². The molecule has 0 radical (unpaired) electrons. The average Bonchev–Trinajstić information content (AvgIpc) is 2.66. The minimum absolute atomic E-state index is 0.0485. The van der Waals surface area contributed by atoms with E-state index >= 15 is 0 Å². The van der Waals surface area contributed by atoms with Gasteiger partial charge in [-0.2, -0.15) is 0 Å². The molecule has 1 aliphatic heterocycles. The third-order valence-corrected chi connectivity index (χ3v) is 3.64. The predicted molar refractivity (Wildman–Crippen MR) is 54.8 cm³/mol. The quantitative estimate of drug-likeness (QED) is 0.588. The molecule has 15 heavy (non-hydrogen) atoms. The molecule has 0 saturated carbocycles. The first-order valence-corrected chi connectivity index (χ1v) is 6.46. The Morgan fingerprint density at radius 3 is 2.87 bits per heavy atom. The Labute approximate surface area is 89.4 Å². The van der Waals surface area contributed by atoms with Crippen LogP contribution in [0.4, 0.5) is 0 Å². The average molecular weight is 236 g/mol. The van der Waals surface area contributed by atoms with Crippen molar-refractivity contribution >= 4 is 16.0 Å². The first-order chi connectivity index (χ1) is 7.03. The van der Waals surface area contributed by atoms with E-state index in [1.54, 1.807) is 0 Å². The monoisotopic (exact) mass is 236 g/mol. The summed E-state index contributed by atoms with van der Waals surface area (Å²) in [7, 11) is -2.12.